The van der Waals surface area contributed by atoms with Gasteiger partial charge in [0.05, 0.1) is 0 Å². The second-order valence-electron chi connectivity index (χ2n) is 9.23. The van der Waals surface area contributed by atoms with Gasteiger partial charge in [-0.1, -0.05) is 42.3 Å². The lowest BCUT2D eigenvalue weighted by Gasteiger charge is -2.40. The number of aromatic nitrogens is 2. The lowest BCUT2D eigenvalue weighted by atomic mass is 9.86. The highest BCUT2D eigenvalue weighted by Gasteiger charge is 2.33. The number of carbonyl (C=O) groups excluding carboxylic acids is 1. The highest BCUT2D eigenvalue weighted by molar-refractivity contribution is 6.31. The fourth-order valence-electron chi connectivity index (χ4n) is 5.03. The van der Waals surface area contributed by atoms with E-state index >= 15 is 0 Å². The van der Waals surface area contributed by atoms with Crippen molar-refractivity contribution in [3.05, 3.63) is 83.0 Å². The molecule has 4 aromatic rings. The predicted molar refractivity (Wildman–Crippen MR) is 135 cm³/mol. The molecule has 1 aliphatic rings. The Morgan fingerprint density at radius 2 is 2.09 bits per heavy atom. The molecule has 1 fully saturated rings. The van der Waals surface area contributed by atoms with Crippen molar-refractivity contribution in [1.29, 1.82) is 0 Å². The monoisotopic (exact) mass is 473 g/mol. The number of hydrogen-bond acceptors (Lipinski definition) is 4. The van der Waals surface area contributed by atoms with Gasteiger partial charge in [-0.15, -0.1) is 0 Å². The normalized spacial score (nSPS) is 18.4. The number of hydrogen-bond donors (Lipinski definition) is 0. The van der Waals surface area contributed by atoms with E-state index in [0.717, 1.165) is 59.2 Å². The number of oxazole rings is 1. The standard InChI is InChI=1S/C28H28ClN3O2/c1-18-7-9-22(20-6-3-13-30-17-20)23(15-18)28(33)32-14-4-5-19(2)25(32)10-12-27-31-24-16-21(29)8-11-26(24)34-27/h3,6-9,11,13,15-17,19,25H,4-5,10,12,14H2,1-2H3/t19-,25-/m1/s1. The maximum atomic E-state index is 13.9. The Bertz CT molecular complexity index is 1320. The number of halogens is 1. The van der Waals surface area contributed by atoms with E-state index in [1.807, 2.05) is 55.6 Å². The fraction of sp³-hybridized carbons (Fsp3) is 0.321. The first-order valence-corrected chi connectivity index (χ1v) is 12.2. The molecule has 2 aromatic carbocycles. The summed E-state index contributed by atoms with van der Waals surface area (Å²) < 4.78 is 5.94. The summed E-state index contributed by atoms with van der Waals surface area (Å²) in [6.07, 6.45) is 7.18. The summed E-state index contributed by atoms with van der Waals surface area (Å²) in [7, 11) is 0. The maximum absolute atomic E-state index is 13.9. The summed E-state index contributed by atoms with van der Waals surface area (Å²) in [6, 6.07) is 15.6. The summed E-state index contributed by atoms with van der Waals surface area (Å²) in [5, 5.41) is 0.646. The third-order valence-corrected chi connectivity index (χ3v) is 7.04. The zero-order chi connectivity index (χ0) is 23.7. The van der Waals surface area contributed by atoms with Gasteiger partial charge in [-0.3, -0.25) is 9.78 Å². The summed E-state index contributed by atoms with van der Waals surface area (Å²) in [4.78, 5) is 24.9. The van der Waals surface area contributed by atoms with Gasteiger partial charge in [0, 0.05) is 47.6 Å². The van der Waals surface area contributed by atoms with E-state index in [1.165, 1.54) is 0 Å². The fourth-order valence-corrected chi connectivity index (χ4v) is 5.20. The number of rotatable bonds is 5. The zero-order valence-electron chi connectivity index (χ0n) is 19.5. The van der Waals surface area contributed by atoms with E-state index in [-0.39, 0.29) is 11.9 Å². The first-order chi connectivity index (χ1) is 16.5. The van der Waals surface area contributed by atoms with E-state index in [4.69, 9.17) is 16.0 Å². The quantitative estimate of drug-likeness (QED) is 0.322. The van der Waals surface area contributed by atoms with Gasteiger partial charge in [0.1, 0.15) is 5.52 Å². The van der Waals surface area contributed by atoms with Crippen molar-refractivity contribution in [2.24, 2.45) is 5.92 Å². The van der Waals surface area contributed by atoms with Crippen LogP contribution >= 0.6 is 11.6 Å². The third kappa shape index (κ3) is 4.58. The van der Waals surface area contributed by atoms with Crippen LogP contribution in [0.3, 0.4) is 0 Å². The lowest BCUT2D eigenvalue weighted by Crippen LogP contribution is -2.48. The van der Waals surface area contributed by atoms with Crippen LogP contribution in [0.5, 0.6) is 0 Å². The lowest BCUT2D eigenvalue weighted by molar-refractivity contribution is 0.0497. The first-order valence-electron chi connectivity index (χ1n) is 11.9. The molecule has 0 spiro atoms. The summed E-state index contributed by atoms with van der Waals surface area (Å²) in [5.74, 6) is 1.18. The Labute approximate surface area is 204 Å². The van der Waals surface area contributed by atoms with Crippen LogP contribution in [0.1, 0.15) is 48.0 Å². The van der Waals surface area contributed by atoms with Crippen LogP contribution in [0.2, 0.25) is 5.02 Å². The number of pyridine rings is 1. The largest absolute Gasteiger partial charge is 0.441 e. The van der Waals surface area contributed by atoms with E-state index in [9.17, 15) is 4.79 Å². The minimum atomic E-state index is 0.0865. The van der Waals surface area contributed by atoms with Gasteiger partial charge < -0.3 is 9.32 Å². The molecular weight excluding hydrogens is 446 g/mol. The van der Waals surface area contributed by atoms with Gasteiger partial charge in [0.2, 0.25) is 0 Å². The van der Waals surface area contributed by atoms with Crippen LogP contribution in [-0.4, -0.2) is 33.4 Å². The number of aryl methyl sites for hydroxylation is 2. The second kappa shape index (κ2) is 9.59. The van der Waals surface area contributed by atoms with Gasteiger partial charge in [-0.25, -0.2) is 4.98 Å². The van der Waals surface area contributed by atoms with E-state index in [2.05, 4.69) is 27.9 Å². The number of fused-ring (bicyclic) bond motifs is 1. The van der Waals surface area contributed by atoms with Crippen molar-refractivity contribution in [2.45, 2.75) is 45.6 Å². The highest BCUT2D eigenvalue weighted by atomic mass is 35.5. The first kappa shape index (κ1) is 22.6. The van der Waals surface area contributed by atoms with Crippen LogP contribution in [-0.2, 0) is 6.42 Å². The number of piperidine rings is 1. The van der Waals surface area contributed by atoms with Crippen molar-refractivity contribution in [3.63, 3.8) is 0 Å². The molecule has 2 aromatic heterocycles. The SMILES string of the molecule is Cc1ccc(-c2cccnc2)c(C(=O)N2CCC[C@@H](C)[C@H]2CCc2nc3cc(Cl)ccc3o2)c1. The summed E-state index contributed by atoms with van der Waals surface area (Å²) in [6.45, 7) is 5.03. The van der Waals surface area contributed by atoms with Gasteiger partial charge in [-0.2, -0.15) is 0 Å². The molecule has 1 aliphatic heterocycles. The average Bonchev–Trinajstić information content (AvgIpc) is 3.25. The molecule has 0 N–H and O–H groups in total. The molecule has 5 nitrogen and oxygen atoms in total. The van der Waals surface area contributed by atoms with Crippen LogP contribution in [0.25, 0.3) is 22.2 Å². The molecule has 5 rings (SSSR count). The smallest absolute Gasteiger partial charge is 0.254 e. The molecule has 174 valence electrons. The van der Waals surface area contributed by atoms with Crippen molar-refractivity contribution in [2.75, 3.05) is 6.54 Å². The molecule has 1 saturated heterocycles. The summed E-state index contributed by atoms with van der Waals surface area (Å²) in [5.41, 5.74) is 5.21. The number of amides is 1. The highest BCUT2D eigenvalue weighted by Crippen LogP contribution is 2.32. The third-order valence-electron chi connectivity index (χ3n) is 6.80. The van der Waals surface area contributed by atoms with Crippen LogP contribution in [0.4, 0.5) is 0 Å². The Kier molecular flexibility index (Phi) is 6.38. The molecule has 6 heteroatoms. The Balaban J connectivity index is 1.41. The number of benzene rings is 2. The van der Waals surface area contributed by atoms with Crippen molar-refractivity contribution in [1.82, 2.24) is 14.9 Å². The molecule has 0 radical (unpaired) electrons. The van der Waals surface area contributed by atoms with Crippen LogP contribution in [0.15, 0.2) is 65.3 Å². The van der Waals surface area contributed by atoms with Gasteiger partial charge in [0.25, 0.3) is 5.91 Å². The number of carbonyl (C=O) groups is 1. The van der Waals surface area contributed by atoms with Gasteiger partial charge >= 0.3 is 0 Å². The predicted octanol–water partition coefficient (Wildman–Crippen LogP) is 6.73. The zero-order valence-corrected chi connectivity index (χ0v) is 20.3. The maximum Gasteiger partial charge on any atom is 0.254 e. The molecule has 3 heterocycles. The van der Waals surface area contributed by atoms with Gasteiger partial charge in [-0.05, 0) is 68.0 Å². The topological polar surface area (TPSA) is 59.2 Å². The second-order valence-corrected chi connectivity index (χ2v) is 9.67. The summed E-state index contributed by atoms with van der Waals surface area (Å²) >= 11 is 6.10. The Morgan fingerprint density at radius 3 is 2.91 bits per heavy atom. The molecule has 0 unspecified atom stereocenters. The minimum absolute atomic E-state index is 0.0865. The van der Waals surface area contributed by atoms with E-state index in [1.54, 1.807) is 6.20 Å². The Morgan fingerprint density at radius 1 is 1.21 bits per heavy atom. The average molecular weight is 474 g/mol. The van der Waals surface area contributed by atoms with Crippen molar-refractivity contribution in [3.8, 4) is 11.1 Å². The van der Waals surface area contributed by atoms with E-state index < -0.39 is 0 Å². The van der Waals surface area contributed by atoms with Crippen molar-refractivity contribution < 1.29 is 9.21 Å². The molecule has 34 heavy (non-hydrogen) atoms. The Hall–Kier alpha value is -3.18. The van der Waals surface area contributed by atoms with E-state index in [0.29, 0.717) is 23.3 Å². The molecule has 1 amide bonds. The number of likely N-dealkylation sites (tertiary alicyclic amines) is 1. The van der Waals surface area contributed by atoms with Crippen LogP contribution in [0, 0.1) is 12.8 Å². The molecule has 2 atom stereocenters. The molecule has 0 saturated carbocycles. The van der Waals surface area contributed by atoms with Crippen LogP contribution < -0.4 is 0 Å². The molecular formula is C28H28ClN3O2. The minimum Gasteiger partial charge on any atom is -0.441 e. The molecule has 0 aliphatic carbocycles. The molecule has 0 bridgehead atoms. The van der Waals surface area contributed by atoms with Gasteiger partial charge in [0.15, 0.2) is 11.5 Å². The van der Waals surface area contributed by atoms with Crippen molar-refractivity contribution >= 4 is 28.6 Å². The number of nitrogens with zero attached hydrogens (tertiary/aromatic N) is 3.